The number of amides is 2. The van der Waals surface area contributed by atoms with Gasteiger partial charge in [0.15, 0.2) is 0 Å². The molecule has 2 saturated carbocycles. The second-order valence-electron chi connectivity index (χ2n) is 9.18. The normalized spacial score (nSPS) is 35.7. The summed E-state index contributed by atoms with van der Waals surface area (Å²) in [6.45, 7) is 7.02. The average molecular weight is 389 g/mol. The van der Waals surface area contributed by atoms with Crippen LogP contribution in [0.1, 0.15) is 53.4 Å². The minimum absolute atomic E-state index is 0.0579. The van der Waals surface area contributed by atoms with Crippen LogP contribution in [-0.4, -0.2) is 40.8 Å². The SMILES string of the molecule is CC1=CC(OC=C2C(=O)N(C(=O)OC(C)(C)C)[C@@H]3[C@H]4CCC[C@H]4C[C@H]23)OC1=O. The Morgan fingerprint density at radius 1 is 1.29 bits per heavy atom. The standard InChI is InChI=1S/C21H27NO6/c1-11-8-16(27-19(11)24)26-10-15-14-9-12-6-5-7-13(12)17(14)22(18(15)23)20(25)28-21(2,3)4/h8,10,12-14,16-17H,5-7,9H2,1-4H3/t12-,13-,14+,16?,17+/m0/s1. The summed E-state index contributed by atoms with van der Waals surface area (Å²) in [6.07, 6.45) is 5.69. The van der Waals surface area contributed by atoms with Crippen LogP contribution in [0.4, 0.5) is 4.79 Å². The number of cyclic esters (lactones) is 1. The minimum Gasteiger partial charge on any atom is -0.458 e. The van der Waals surface area contributed by atoms with E-state index in [0.717, 1.165) is 25.7 Å². The van der Waals surface area contributed by atoms with Crippen LogP contribution < -0.4 is 0 Å². The number of carbonyl (C=O) groups excluding carboxylic acids is 3. The second kappa shape index (κ2) is 6.64. The molecule has 0 bridgehead atoms. The zero-order chi connectivity index (χ0) is 20.2. The molecule has 0 N–H and O–H groups in total. The van der Waals surface area contributed by atoms with Crippen molar-refractivity contribution in [3.63, 3.8) is 0 Å². The summed E-state index contributed by atoms with van der Waals surface area (Å²) in [7, 11) is 0. The van der Waals surface area contributed by atoms with E-state index in [1.807, 2.05) is 0 Å². The van der Waals surface area contributed by atoms with Gasteiger partial charge in [-0.1, -0.05) is 12.8 Å². The third kappa shape index (κ3) is 3.20. The van der Waals surface area contributed by atoms with Gasteiger partial charge in [0.25, 0.3) is 12.2 Å². The monoisotopic (exact) mass is 389 g/mol. The molecule has 152 valence electrons. The highest BCUT2D eigenvalue weighted by Gasteiger charge is 2.58. The number of ether oxygens (including phenoxy) is 3. The Balaban J connectivity index is 1.59. The van der Waals surface area contributed by atoms with E-state index in [1.54, 1.807) is 33.8 Å². The van der Waals surface area contributed by atoms with Gasteiger partial charge in [0.1, 0.15) is 5.60 Å². The van der Waals surface area contributed by atoms with Crippen LogP contribution in [0.15, 0.2) is 23.5 Å². The highest BCUT2D eigenvalue weighted by molar-refractivity contribution is 6.05. The molecule has 2 aliphatic heterocycles. The van der Waals surface area contributed by atoms with Crippen LogP contribution in [-0.2, 0) is 23.8 Å². The predicted octanol–water partition coefficient (Wildman–Crippen LogP) is 3.30. The van der Waals surface area contributed by atoms with Crippen LogP contribution in [0.2, 0.25) is 0 Å². The van der Waals surface area contributed by atoms with E-state index in [0.29, 0.717) is 23.0 Å². The van der Waals surface area contributed by atoms with Crippen LogP contribution >= 0.6 is 0 Å². The molecule has 2 aliphatic carbocycles. The van der Waals surface area contributed by atoms with E-state index in [1.165, 1.54) is 11.2 Å². The maximum atomic E-state index is 13.1. The Kier molecular flexibility index (Phi) is 4.51. The van der Waals surface area contributed by atoms with Gasteiger partial charge in [0, 0.05) is 17.6 Å². The second-order valence-corrected chi connectivity index (χ2v) is 9.18. The van der Waals surface area contributed by atoms with Gasteiger partial charge in [-0.3, -0.25) is 4.79 Å². The topological polar surface area (TPSA) is 82.1 Å². The third-order valence-electron chi connectivity index (χ3n) is 6.14. The van der Waals surface area contributed by atoms with E-state index in [9.17, 15) is 14.4 Å². The molecule has 7 nitrogen and oxygen atoms in total. The van der Waals surface area contributed by atoms with Crippen LogP contribution in [0, 0.1) is 17.8 Å². The van der Waals surface area contributed by atoms with Gasteiger partial charge in [-0.15, -0.1) is 0 Å². The van der Waals surface area contributed by atoms with Crippen molar-refractivity contribution in [3.8, 4) is 0 Å². The number of rotatable bonds is 2. The molecule has 28 heavy (non-hydrogen) atoms. The molecule has 4 aliphatic rings. The summed E-state index contributed by atoms with van der Waals surface area (Å²) in [4.78, 5) is 38.8. The Labute approximate surface area is 164 Å². The lowest BCUT2D eigenvalue weighted by Crippen LogP contribution is -2.45. The third-order valence-corrected chi connectivity index (χ3v) is 6.14. The smallest absolute Gasteiger partial charge is 0.417 e. The summed E-state index contributed by atoms with van der Waals surface area (Å²) in [6, 6.07) is -0.173. The molecule has 3 fully saturated rings. The van der Waals surface area contributed by atoms with Gasteiger partial charge in [-0.25, -0.2) is 14.5 Å². The lowest BCUT2D eigenvalue weighted by molar-refractivity contribution is -0.152. The Morgan fingerprint density at radius 2 is 2.04 bits per heavy atom. The van der Waals surface area contributed by atoms with E-state index >= 15 is 0 Å². The number of carbonyl (C=O) groups is 3. The van der Waals surface area contributed by atoms with Gasteiger partial charge in [-0.2, -0.15) is 0 Å². The molecule has 0 aromatic heterocycles. The fourth-order valence-corrected chi connectivity index (χ4v) is 5.05. The van der Waals surface area contributed by atoms with Crippen molar-refractivity contribution in [2.75, 3.05) is 0 Å². The Hall–Kier alpha value is -2.31. The maximum Gasteiger partial charge on any atom is 0.417 e. The molecular weight excluding hydrogens is 362 g/mol. The van der Waals surface area contributed by atoms with Gasteiger partial charge >= 0.3 is 12.1 Å². The number of likely N-dealkylation sites (tertiary alicyclic amines) is 1. The first kappa shape index (κ1) is 19.0. The lowest BCUT2D eigenvalue weighted by Gasteiger charge is -2.29. The predicted molar refractivity (Wildman–Crippen MR) is 98.6 cm³/mol. The lowest BCUT2D eigenvalue weighted by atomic mass is 9.94. The summed E-state index contributed by atoms with van der Waals surface area (Å²) >= 11 is 0. The molecule has 0 aromatic carbocycles. The van der Waals surface area contributed by atoms with Crippen LogP contribution in [0.25, 0.3) is 0 Å². The zero-order valence-electron chi connectivity index (χ0n) is 16.8. The summed E-state index contributed by atoms with van der Waals surface area (Å²) < 4.78 is 16.2. The van der Waals surface area contributed by atoms with Crippen LogP contribution in [0.3, 0.4) is 0 Å². The molecule has 0 aromatic rings. The fraction of sp³-hybridized carbons (Fsp3) is 0.667. The molecule has 0 spiro atoms. The molecule has 5 atom stereocenters. The number of hydrogen-bond donors (Lipinski definition) is 0. The number of esters is 1. The maximum absolute atomic E-state index is 13.1. The van der Waals surface area contributed by atoms with Gasteiger partial charge in [0.2, 0.25) is 0 Å². The minimum atomic E-state index is -0.831. The largest absolute Gasteiger partial charge is 0.458 e. The first-order valence-electron chi connectivity index (χ1n) is 9.97. The molecule has 1 saturated heterocycles. The van der Waals surface area contributed by atoms with Crippen molar-refractivity contribution in [1.82, 2.24) is 4.90 Å². The first-order valence-corrected chi connectivity index (χ1v) is 9.97. The summed E-state index contributed by atoms with van der Waals surface area (Å²) in [5.41, 5.74) is 0.272. The summed E-state index contributed by atoms with van der Waals surface area (Å²) in [5.74, 6) is -0.0105. The molecule has 2 amide bonds. The van der Waals surface area contributed by atoms with E-state index in [-0.39, 0.29) is 17.9 Å². The molecular formula is C21H27NO6. The van der Waals surface area contributed by atoms with Gasteiger partial charge < -0.3 is 14.2 Å². The fourth-order valence-electron chi connectivity index (χ4n) is 5.05. The first-order chi connectivity index (χ1) is 13.2. The summed E-state index contributed by atoms with van der Waals surface area (Å²) in [5, 5.41) is 0. The van der Waals surface area contributed by atoms with Crippen molar-refractivity contribution < 1.29 is 28.6 Å². The number of fused-ring (bicyclic) bond motifs is 3. The van der Waals surface area contributed by atoms with Crippen molar-refractivity contribution in [2.45, 2.75) is 71.3 Å². The molecule has 1 unspecified atom stereocenters. The highest BCUT2D eigenvalue weighted by atomic mass is 16.7. The number of nitrogens with zero attached hydrogens (tertiary/aromatic N) is 1. The van der Waals surface area contributed by atoms with Gasteiger partial charge in [-0.05, 0) is 52.4 Å². The van der Waals surface area contributed by atoms with Crippen molar-refractivity contribution >= 4 is 18.0 Å². The average Bonchev–Trinajstić information content (AvgIpc) is 3.28. The van der Waals surface area contributed by atoms with Crippen molar-refractivity contribution in [2.24, 2.45) is 17.8 Å². The molecule has 2 heterocycles. The van der Waals surface area contributed by atoms with Crippen LogP contribution in [0.5, 0.6) is 0 Å². The van der Waals surface area contributed by atoms with E-state index in [2.05, 4.69) is 0 Å². The molecule has 4 rings (SSSR count). The molecule has 0 radical (unpaired) electrons. The van der Waals surface area contributed by atoms with Crippen molar-refractivity contribution in [1.29, 1.82) is 0 Å². The van der Waals surface area contributed by atoms with E-state index < -0.39 is 24.0 Å². The Morgan fingerprint density at radius 3 is 2.68 bits per heavy atom. The van der Waals surface area contributed by atoms with Gasteiger partial charge in [0.05, 0.1) is 17.9 Å². The number of imide groups is 1. The highest BCUT2D eigenvalue weighted by Crippen LogP contribution is 2.54. The van der Waals surface area contributed by atoms with E-state index in [4.69, 9.17) is 14.2 Å². The Bertz CT molecular complexity index is 776. The molecule has 7 heteroatoms. The quantitative estimate of drug-likeness (QED) is 0.409. The number of hydrogen-bond acceptors (Lipinski definition) is 6. The van der Waals surface area contributed by atoms with Crippen molar-refractivity contribution in [3.05, 3.63) is 23.5 Å². The zero-order valence-corrected chi connectivity index (χ0v) is 16.8.